The van der Waals surface area contributed by atoms with E-state index in [4.69, 9.17) is 4.74 Å². The number of aliphatic hydroxyl groups is 1. The molecule has 1 aliphatic rings. The third kappa shape index (κ3) is 2.27. The molecule has 0 bridgehead atoms. The summed E-state index contributed by atoms with van der Waals surface area (Å²) in [5.74, 6) is 0.153. The molecule has 3 nitrogen and oxygen atoms in total. The van der Waals surface area contributed by atoms with Crippen LogP contribution in [0.5, 0.6) is 11.5 Å². The molecular weight excluding hydrogens is 247 g/mol. The first-order chi connectivity index (χ1) is 9.13. The summed E-state index contributed by atoms with van der Waals surface area (Å²) < 4.78 is 18.9. The lowest BCUT2D eigenvalue weighted by molar-refractivity contribution is 0.0653. The fourth-order valence-corrected chi connectivity index (χ4v) is 2.31. The fraction of sp³-hybridized carbons (Fsp3) is 0.200. The van der Waals surface area contributed by atoms with Gasteiger partial charge in [-0.05, 0) is 29.8 Å². The largest absolute Gasteiger partial charge is 0.508 e. The molecule has 0 saturated carbocycles. The van der Waals surface area contributed by atoms with E-state index in [0.717, 1.165) is 5.56 Å². The quantitative estimate of drug-likeness (QED) is 0.828. The van der Waals surface area contributed by atoms with Crippen LogP contribution >= 0.6 is 0 Å². The number of phenols is 1. The molecule has 1 aliphatic heterocycles. The van der Waals surface area contributed by atoms with Gasteiger partial charge in [0.1, 0.15) is 23.4 Å². The van der Waals surface area contributed by atoms with Gasteiger partial charge in [-0.15, -0.1) is 0 Å². The number of hydrogen-bond donors (Lipinski definition) is 2. The minimum atomic E-state index is -0.678. The van der Waals surface area contributed by atoms with E-state index in [-0.39, 0.29) is 11.9 Å². The summed E-state index contributed by atoms with van der Waals surface area (Å²) in [6.45, 7) is 0. The van der Waals surface area contributed by atoms with Crippen LogP contribution in [0.3, 0.4) is 0 Å². The number of ether oxygens (including phenoxy) is 1. The molecule has 98 valence electrons. The van der Waals surface area contributed by atoms with Gasteiger partial charge in [-0.1, -0.05) is 12.1 Å². The van der Waals surface area contributed by atoms with Crippen LogP contribution in [0.25, 0.3) is 0 Å². The molecule has 3 rings (SSSR count). The monoisotopic (exact) mass is 260 g/mol. The molecule has 19 heavy (non-hydrogen) atoms. The average molecular weight is 260 g/mol. The van der Waals surface area contributed by atoms with Crippen LogP contribution in [-0.2, 0) is 0 Å². The van der Waals surface area contributed by atoms with Crippen LogP contribution in [0.4, 0.5) is 4.39 Å². The molecule has 0 spiro atoms. The summed E-state index contributed by atoms with van der Waals surface area (Å²) in [7, 11) is 0. The topological polar surface area (TPSA) is 49.7 Å². The Bertz CT molecular complexity index is 595. The van der Waals surface area contributed by atoms with Gasteiger partial charge in [0.15, 0.2) is 0 Å². The lowest BCUT2D eigenvalue weighted by Crippen LogP contribution is -2.19. The van der Waals surface area contributed by atoms with Crippen molar-refractivity contribution in [2.24, 2.45) is 0 Å². The Kier molecular flexibility index (Phi) is 2.87. The smallest absolute Gasteiger partial charge is 0.128 e. The number of phenolic OH excluding ortho intramolecular Hbond substituents is 1. The minimum Gasteiger partial charge on any atom is -0.508 e. The Morgan fingerprint density at radius 2 is 1.84 bits per heavy atom. The molecular formula is C15H13FO3. The van der Waals surface area contributed by atoms with Crippen LogP contribution < -0.4 is 4.74 Å². The standard InChI is InChI=1S/C15H13FO3/c16-10-3-6-12-13(18)8-14(19-15(12)7-10)9-1-4-11(17)5-2-9/h1-7,13-14,17-18H,8H2/t13-,14?/m1/s1. The second-order valence-electron chi connectivity index (χ2n) is 4.63. The number of aliphatic hydroxyl groups excluding tert-OH is 1. The first-order valence-electron chi connectivity index (χ1n) is 6.06. The average Bonchev–Trinajstić information content (AvgIpc) is 2.38. The summed E-state index contributed by atoms with van der Waals surface area (Å²) in [5, 5.41) is 19.3. The van der Waals surface area contributed by atoms with Crippen molar-refractivity contribution in [3.05, 3.63) is 59.4 Å². The molecule has 2 atom stereocenters. The van der Waals surface area contributed by atoms with Gasteiger partial charge < -0.3 is 14.9 Å². The highest BCUT2D eigenvalue weighted by molar-refractivity contribution is 5.39. The van der Waals surface area contributed by atoms with E-state index in [1.165, 1.54) is 12.1 Å². The number of rotatable bonds is 1. The van der Waals surface area contributed by atoms with Gasteiger partial charge in [0.25, 0.3) is 0 Å². The van der Waals surface area contributed by atoms with Crippen LogP contribution in [0.1, 0.15) is 29.8 Å². The van der Waals surface area contributed by atoms with Crippen molar-refractivity contribution in [1.82, 2.24) is 0 Å². The second kappa shape index (κ2) is 4.55. The Hall–Kier alpha value is -2.07. The van der Waals surface area contributed by atoms with E-state index >= 15 is 0 Å². The summed E-state index contributed by atoms with van der Waals surface area (Å²) in [4.78, 5) is 0. The molecule has 2 aromatic carbocycles. The van der Waals surface area contributed by atoms with Crippen LogP contribution in [0.15, 0.2) is 42.5 Å². The van der Waals surface area contributed by atoms with E-state index in [2.05, 4.69) is 0 Å². The number of hydrogen-bond acceptors (Lipinski definition) is 3. The molecule has 0 aliphatic carbocycles. The van der Waals surface area contributed by atoms with E-state index in [1.54, 1.807) is 30.3 Å². The van der Waals surface area contributed by atoms with Crippen molar-refractivity contribution in [1.29, 1.82) is 0 Å². The Labute approximate surface area is 109 Å². The van der Waals surface area contributed by atoms with Gasteiger partial charge in [0.2, 0.25) is 0 Å². The van der Waals surface area contributed by atoms with Gasteiger partial charge in [0, 0.05) is 18.1 Å². The molecule has 4 heteroatoms. The third-order valence-electron chi connectivity index (χ3n) is 3.31. The molecule has 2 N–H and O–H groups in total. The van der Waals surface area contributed by atoms with Crippen LogP contribution in [-0.4, -0.2) is 10.2 Å². The zero-order chi connectivity index (χ0) is 13.4. The maximum absolute atomic E-state index is 13.2. The van der Waals surface area contributed by atoms with E-state index in [0.29, 0.717) is 17.7 Å². The van der Waals surface area contributed by atoms with Crippen molar-refractivity contribution in [2.75, 3.05) is 0 Å². The predicted octanol–water partition coefficient (Wildman–Crippen LogP) is 3.09. The lowest BCUT2D eigenvalue weighted by Gasteiger charge is -2.29. The van der Waals surface area contributed by atoms with Crippen molar-refractivity contribution in [3.8, 4) is 11.5 Å². The van der Waals surface area contributed by atoms with Gasteiger partial charge in [-0.3, -0.25) is 0 Å². The Balaban J connectivity index is 1.93. The highest BCUT2D eigenvalue weighted by Gasteiger charge is 2.28. The molecule has 0 saturated heterocycles. The highest BCUT2D eigenvalue weighted by Crippen LogP contribution is 2.41. The second-order valence-corrected chi connectivity index (χ2v) is 4.63. The normalized spacial score (nSPS) is 21.6. The molecule has 0 aromatic heterocycles. The third-order valence-corrected chi connectivity index (χ3v) is 3.31. The van der Waals surface area contributed by atoms with E-state index in [1.807, 2.05) is 0 Å². The SMILES string of the molecule is Oc1ccc(C2C[C@@H](O)c3ccc(F)cc3O2)cc1. The van der Waals surface area contributed by atoms with Crippen LogP contribution in [0.2, 0.25) is 0 Å². The zero-order valence-electron chi connectivity index (χ0n) is 10.1. The van der Waals surface area contributed by atoms with Gasteiger partial charge in [-0.2, -0.15) is 0 Å². The van der Waals surface area contributed by atoms with Gasteiger partial charge in [-0.25, -0.2) is 4.39 Å². The van der Waals surface area contributed by atoms with Gasteiger partial charge >= 0.3 is 0 Å². The van der Waals surface area contributed by atoms with Gasteiger partial charge in [0.05, 0.1) is 6.10 Å². The zero-order valence-corrected chi connectivity index (χ0v) is 10.1. The number of fused-ring (bicyclic) bond motifs is 1. The Morgan fingerprint density at radius 3 is 2.58 bits per heavy atom. The molecule has 0 fully saturated rings. The highest BCUT2D eigenvalue weighted by atomic mass is 19.1. The van der Waals surface area contributed by atoms with Crippen molar-refractivity contribution >= 4 is 0 Å². The number of halogens is 1. The summed E-state index contributed by atoms with van der Waals surface area (Å²) >= 11 is 0. The fourth-order valence-electron chi connectivity index (χ4n) is 2.31. The lowest BCUT2D eigenvalue weighted by atomic mass is 9.95. The first-order valence-corrected chi connectivity index (χ1v) is 6.06. The minimum absolute atomic E-state index is 0.173. The molecule has 0 amide bonds. The maximum atomic E-state index is 13.2. The molecule has 0 radical (unpaired) electrons. The summed E-state index contributed by atoms with van der Waals surface area (Å²) in [5.41, 5.74) is 1.45. The Morgan fingerprint density at radius 1 is 1.11 bits per heavy atom. The molecule has 1 unspecified atom stereocenters. The summed E-state index contributed by atoms with van der Waals surface area (Å²) in [6, 6.07) is 10.7. The molecule has 2 aromatic rings. The molecule has 1 heterocycles. The number of aromatic hydroxyl groups is 1. The first kappa shape index (κ1) is 12.0. The number of benzene rings is 2. The van der Waals surface area contributed by atoms with Crippen molar-refractivity contribution < 1.29 is 19.3 Å². The van der Waals surface area contributed by atoms with E-state index < -0.39 is 11.9 Å². The maximum Gasteiger partial charge on any atom is 0.128 e. The summed E-state index contributed by atoms with van der Waals surface area (Å²) in [6.07, 6.45) is -0.614. The van der Waals surface area contributed by atoms with E-state index in [9.17, 15) is 14.6 Å². The van der Waals surface area contributed by atoms with Crippen LogP contribution in [0, 0.1) is 5.82 Å². The predicted molar refractivity (Wildman–Crippen MR) is 67.5 cm³/mol. The van der Waals surface area contributed by atoms with Crippen molar-refractivity contribution in [2.45, 2.75) is 18.6 Å². The van der Waals surface area contributed by atoms with Crippen molar-refractivity contribution in [3.63, 3.8) is 0 Å².